The molecule has 0 fully saturated rings. The van der Waals surface area contributed by atoms with Gasteiger partial charge in [0.2, 0.25) is 5.91 Å². The summed E-state index contributed by atoms with van der Waals surface area (Å²) in [6.07, 6.45) is 1.95. The van der Waals surface area contributed by atoms with Crippen LogP contribution in [0.4, 0.5) is 0 Å². The highest BCUT2D eigenvalue weighted by atomic mass is 32.2. The van der Waals surface area contributed by atoms with Crippen molar-refractivity contribution in [2.24, 2.45) is 0 Å². The summed E-state index contributed by atoms with van der Waals surface area (Å²) in [6, 6.07) is 0.0764. The molecule has 0 radical (unpaired) electrons. The van der Waals surface area contributed by atoms with Crippen molar-refractivity contribution in [3.63, 3.8) is 0 Å². The Morgan fingerprint density at radius 2 is 2.20 bits per heavy atom. The molecule has 58 valence electrons. The van der Waals surface area contributed by atoms with Gasteiger partial charge in [0.25, 0.3) is 0 Å². The molecule has 0 spiro atoms. The molecule has 0 heterocycles. The minimum absolute atomic E-state index is 0.0114. The second-order valence-corrected chi connectivity index (χ2v) is 3.03. The van der Waals surface area contributed by atoms with Crippen molar-refractivity contribution in [2.45, 2.75) is 19.9 Å². The molecule has 0 aromatic carbocycles. The van der Waals surface area contributed by atoms with E-state index in [4.69, 9.17) is 0 Å². The first-order valence-electron chi connectivity index (χ1n) is 3.07. The van der Waals surface area contributed by atoms with E-state index in [1.165, 1.54) is 6.92 Å². The summed E-state index contributed by atoms with van der Waals surface area (Å²) in [5.41, 5.74) is 0. The Kier molecular flexibility index (Phi) is 4.19. The lowest BCUT2D eigenvalue weighted by Crippen LogP contribution is -2.30. The van der Waals surface area contributed by atoms with Crippen LogP contribution in [0.1, 0.15) is 13.8 Å². The summed E-state index contributed by atoms with van der Waals surface area (Å²) in [6.45, 7) is 7.20. The first kappa shape index (κ1) is 9.56. The number of thioether (sulfide) groups is 1. The van der Waals surface area contributed by atoms with Gasteiger partial charge >= 0.3 is 0 Å². The number of carbonyl (C=O) groups is 1. The number of hydrogen-bond donors (Lipinski definition) is 1. The summed E-state index contributed by atoms with van der Waals surface area (Å²) in [4.78, 5) is 11.5. The van der Waals surface area contributed by atoms with Gasteiger partial charge in [0.1, 0.15) is 0 Å². The van der Waals surface area contributed by atoms with Crippen LogP contribution in [0, 0.1) is 0 Å². The molecule has 0 aliphatic heterocycles. The predicted octanol–water partition coefficient (Wildman–Crippen LogP) is 1.39. The fourth-order valence-corrected chi connectivity index (χ4v) is 0.975. The molecule has 1 amide bonds. The molecular weight excluding hydrogens is 146 g/mol. The highest BCUT2D eigenvalue weighted by Crippen LogP contribution is 2.12. The minimum atomic E-state index is -0.0114. The first-order valence-corrected chi connectivity index (χ1v) is 4.30. The maximum absolute atomic E-state index is 10.5. The third kappa shape index (κ3) is 3.56. The summed E-state index contributed by atoms with van der Waals surface area (Å²) < 4.78 is 0. The van der Waals surface area contributed by atoms with E-state index in [9.17, 15) is 4.79 Å². The van der Waals surface area contributed by atoms with E-state index < -0.39 is 0 Å². The molecule has 1 atom stereocenters. The van der Waals surface area contributed by atoms with Crippen molar-refractivity contribution in [1.82, 2.24) is 5.32 Å². The van der Waals surface area contributed by atoms with Crippen molar-refractivity contribution < 1.29 is 4.79 Å². The first-order chi connectivity index (χ1) is 4.57. The molecule has 1 N–H and O–H groups in total. The van der Waals surface area contributed by atoms with Gasteiger partial charge in [-0.3, -0.25) is 4.79 Å². The second-order valence-electron chi connectivity index (χ2n) is 2.09. The lowest BCUT2D eigenvalue weighted by atomic mass is 10.3. The van der Waals surface area contributed by atoms with Gasteiger partial charge in [-0.1, -0.05) is 6.58 Å². The maximum Gasteiger partial charge on any atom is 0.217 e. The zero-order valence-electron chi connectivity index (χ0n) is 6.60. The van der Waals surface area contributed by atoms with Crippen LogP contribution in [0.15, 0.2) is 11.5 Å². The number of rotatable bonds is 3. The van der Waals surface area contributed by atoms with Crippen molar-refractivity contribution >= 4 is 17.7 Å². The lowest BCUT2D eigenvalue weighted by molar-refractivity contribution is -0.119. The van der Waals surface area contributed by atoms with Crippen LogP contribution >= 0.6 is 11.8 Å². The zero-order valence-corrected chi connectivity index (χ0v) is 7.42. The monoisotopic (exact) mass is 159 g/mol. The molecule has 0 aromatic rings. The normalized spacial score (nSPS) is 12.3. The Hall–Kier alpha value is -0.440. The molecule has 0 rings (SSSR count). The van der Waals surface area contributed by atoms with E-state index in [1.54, 1.807) is 11.8 Å². The smallest absolute Gasteiger partial charge is 0.217 e. The average molecular weight is 159 g/mol. The highest BCUT2D eigenvalue weighted by molar-refractivity contribution is 8.02. The van der Waals surface area contributed by atoms with Crippen LogP contribution in [-0.2, 0) is 4.79 Å². The van der Waals surface area contributed by atoms with Crippen LogP contribution < -0.4 is 5.32 Å². The van der Waals surface area contributed by atoms with E-state index in [0.29, 0.717) is 0 Å². The average Bonchev–Trinajstić information content (AvgIpc) is 1.85. The largest absolute Gasteiger partial charge is 0.349 e. The summed E-state index contributed by atoms with van der Waals surface area (Å²) >= 11 is 1.57. The van der Waals surface area contributed by atoms with Crippen molar-refractivity contribution in [1.29, 1.82) is 0 Å². The van der Waals surface area contributed by atoms with Gasteiger partial charge in [-0.15, -0.1) is 11.8 Å². The van der Waals surface area contributed by atoms with E-state index in [0.717, 1.165) is 4.91 Å². The highest BCUT2D eigenvalue weighted by Gasteiger charge is 2.04. The lowest BCUT2D eigenvalue weighted by Gasteiger charge is -2.12. The Morgan fingerprint density at radius 1 is 1.70 bits per heavy atom. The second kappa shape index (κ2) is 4.39. The molecule has 0 saturated heterocycles. The Labute approximate surface area is 66.1 Å². The van der Waals surface area contributed by atoms with E-state index in [1.807, 2.05) is 13.2 Å². The van der Waals surface area contributed by atoms with Crippen molar-refractivity contribution in [3.05, 3.63) is 11.5 Å². The van der Waals surface area contributed by atoms with Gasteiger partial charge in [-0.2, -0.15) is 0 Å². The van der Waals surface area contributed by atoms with E-state index in [2.05, 4.69) is 11.9 Å². The van der Waals surface area contributed by atoms with Gasteiger partial charge in [-0.25, -0.2) is 0 Å². The summed E-state index contributed by atoms with van der Waals surface area (Å²) in [5, 5.41) is 2.73. The van der Waals surface area contributed by atoms with Crippen LogP contribution in [0.3, 0.4) is 0 Å². The number of hydrogen-bond acceptors (Lipinski definition) is 2. The van der Waals surface area contributed by atoms with Crippen LogP contribution in [-0.4, -0.2) is 18.2 Å². The molecule has 0 bridgehead atoms. The third-order valence-corrected chi connectivity index (χ3v) is 2.04. The van der Waals surface area contributed by atoms with Crippen LogP contribution in [0.5, 0.6) is 0 Å². The molecule has 10 heavy (non-hydrogen) atoms. The van der Waals surface area contributed by atoms with E-state index in [-0.39, 0.29) is 11.9 Å². The molecule has 1 unspecified atom stereocenters. The number of nitrogens with one attached hydrogen (secondary N) is 1. The van der Waals surface area contributed by atoms with Crippen molar-refractivity contribution in [2.75, 3.05) is 6.26 Å². The van der Waals surface area contributed by atoms with E-state index >= 15 is 0 Å². The van der Waals surface area contributed by atoms with Gasteiger partial charge < -0.3 is 5.32 Å². The summed E-state index contributed by atoms with van der Waals surface area (Å²) in [7, 11) is 0. The summed E-state index contributed by atoms with van der Waals surface area (Å²) in [5.74, 6) is -0.0114. The minimum Gasteiger partial charge on any atom is -0.349 e. The third-order valence-electron chi connectivity index (χ3n) is 1.16. The molecular formula is C7H13NOS. The fraction of sp³-hybridized carbons (Fsp3) is 0.571. The maximum atomic E-state index is 10.5. The van der Waals surface area contributed by atoms with Gasteiger partial charge in [-0.05, 0) is 18.1 Å². The van der Waals surface area contributed by atoms with Crippen LogP contribution in [0.2, 0.25) is 0 Å². The van der Waals surface area contributed by atoms with Gasteiger partial charge in [0.05, 0.1) is 6.04 Å². The predicted molar refractivity (Wildman–Crippen MR) is 45.9 cm³/mol. The zero-order chi connectivity index (χ0) is 8.15. The SMILES string of the molecule is C=C(SC)C(C)NC(C)=O. The van der Waals surface area contributed by atoms with Gasteiger partial charge in [0, 0.05) is 6.92 Å². The molecule has 0 aliphatic rings. The fourth-order valence-electron chi connectivity index (χ4n) is 0.562. The van der Waals surface area contributed by atoms with Crippen molar-refractivity contribution in [3.8, 4) is 0 Å². The molecule has 3 heteroatoms. The standard InChI is InChI=1S/C7H13NOS/c1-5(6(2)10-4)8-7(3)9/h5H,2H2,1,3-4H3,(H,8,9). The number of carbonyl (C=O) groups excluding carboxylic acids is 1. The Bertz CT molecular complexity index is 145. The van der Waals surface area contributed by atoms with Gasteiger partial charge in [0.15, 0.2) is 0 Å². The molecule has 0 aromatic heterocycles. The van der Waals surface area contributed by atoms with Crippen LogP contribution in [0.25, 0.3) is 0 Å². The topological polar surface area (TPSA) is 29.1 Å². The molecule has 2 nitrogen and oxygen atoms in total. The quantitative estimate of drug-likeness (QED) is 0.674. The molecule has 0 saturated carbocycles. The Balaban J connectivity index is 3.72. The number of amides is 1. The molecule has 0 aliphatic carbocycles. The Morgan fingerprint density at radius 3 is 2.50 bits per heavy atom.